The minimum absolute atomic E-state index is 0.293. The fraction of sp³-hybridized carbons (Fsp3) is 0.417. The molecule has 2 aliphatic rings. The lowest BCUT2D eigenvalue weighted by Crippen LogP contribution is -2.19. The number of hydrogen-bond acceptors (Lipinski definition) is 5. The van der Waals surface area contributed by atoms with Crippen molar-refractivity contribution in [3.63, 3.8) is 0 Å². The first-order valence-electron chi connectivity index (χ1n) is 6.10. The summed E-state index contributed by atoms with van der Waals surface area (Å²) < 4.78 is 11.5. The molecule has 1 N–H and O–H groups in total. The molecule has 0 aromatic heterocycles. The van der Waals surface area contributed by atoms with Crippen LogP contribution in [0.3, 0.4) is 0 Å². The van der Waals surface area contributed by atoms with Crippen molar-refractivity contribution in [1.29, 1.82) is 0 Å². The van der Waals surface area contributed by atoms with E-state index in [2.05, 4.69) is 21.2 Å². The highest BCUT2D eigenvalue weighted by Crippen LogP contribution is 2.40. The van der Waals surface area contributed by atoms with Crippen molar-refractivity contribution in [2.75, 3.05) is 18.5 Å². The number of carbonyl (C=O) groups is 1. The maximum absolute atomic E-state index is 11.9. The van der Waals surface area contributed by atoms with E-state index in [-0.39, 0.29) is 5.91 Å². The number of benzene rings is 1. The number of nitrogens with one attached hydrogen (secondary N) is 1. The van der Waals surface area contributed by atoms with Crippen molar-refractivity contribution in [3.05, 3.63) is 26.7 Å². The first-order valence-corrected chi connectivity index (χ1v) is 6.89. The van der Waals surface area contributed by atoms with Crippen LogP contribution in [0.5, 0.6) is 11.5 Å². The van der Waals surface area contributed by atoms with E-state index in [1.807, 2.05) is 0 Å². The van der Waals surface area contributed by atoms with E-state index in [0.717, 1.165) is 0 Å². The molecule has 0 bridgehead atoms. The first kappa shape index (κ1) is 13.2. The smallest absolute Gasteiger partial charge is 0.234 e. The Labute approximate surface area is 122 Å². The summed E-state index contributed by atoms with van der Waals surface area (Å²) in [6, 6.07) is 2.60. The molecule has 1 aliphatic heterocycles. The molecular weight excluding hydrogens is 332 g/mol. The van der Waals surface area contributed by atoms with E-state index >= 15 is 0 Å². The van der Waals surface area contributed by atoms with E-state index in [4.69, 9.17) is 9.47 Å². The lowest BCUT2D eigenvalue weighted by atomic mass is 10.2. The van der Waals surface area contributed by atoms with Crippen LogP contribution in [0.2, 0.25) is 0 Å². The molecule has 3 rings (SSSR count). The number of hydrogen-bond donors (Lipinski definition) is 1. The van der Waals surface area contributed by atoms with Gasteiger partial charge in [-0.05, 0) is 15.9 Å². The van der Waals surface area contributed by atoms with Crippen molar-refractivity contribution >= 4 is 27.5 Å². The van der Waals surface area contributed by atoms with Gasteiger partial charge in [0.2, 0.25) is 11.9 Å². The predicted octanol–water partition coefficient (Wildman–Crippen LogP) is 1.82. The molecule has 2 atom stereocenters. The Hall–Kier alpha value is -1.83. The fourth-order valence-electron chi connectivity index (χ4n) is 2.08. The Balaban J connectivity index is 1.74. The van der Waals surface area contributed by atoms with Gasteiger partial charge >= 0.3 is 0 Å². The van der Waals surface area contributed by atoms with Gasteiger partial charge in [0.25, 0.3) is 0 Å². The number of ether oxygens (including phenoxy) is 2. The molecular formula is C12H11BrN2O5. The van der Waals surface area contributed by atoms with Gasteiger partial charge in [0, 0.05) is 27.9 Å². The number of amides is 1. The normalized spacial score (nSPS) is 23.1. The van der Waals surface area contributed by atoms with Gasteiger partial charge in [-0.3, -0.25) is 14.9 Å². The number of nitrogens with zero attached hydrogens (tertiary/aromatic N) is 1. The average Bonchev–Trinajstić information content (AvgIpc) is 3.20. The van der Waals surface area contributed by atoms with Gasteiger partial charge in [-0.15, -0.1) is 0 Å². The zero-order valence-corrected chi connectivity index (χ0v) is 11.9. The Morgan fingerprint density at radius 3 is 2.60 bits per heavy atom. The maximum Gasteiger partial charge on any atom is 0.234 e. The Morgan fingerprint density at radius 2 is 2.00 bits per heavy atom. The van der Waals surface area contributed by atoms with Crippen LogP contribution in [0, 0.1) is 16.0 Å². The molecule has 1 saturated carbocycles. The number of nitro groups is 1. The predicted molar refractivity (Wildman–Crippen MR) is 72.7 cm³/mol. The summed E-state index contributed by atoms with van der Waals surface area (Å²) in [6.07, 6.45) is 0.293. The molecule has 8 heteroatoms. The fourth-order valence-corrected chi connectivity index (χ4v) is 2.50. The number of carbonyl (C=O) groups excluding carboxylic acids is 1. The molecule has 7 nitrogen and oxygen atoms in total. The van der Waals surface area contributed by atoms with Gasteiger partial charge in [0.05, 0.1) is 5.69 Å². The molecule has 1 aromatic carbocycles. The highest BCUT2D eigenvalue weighted by atomic mass is 79.9. The lowest BCUT2D eigenvalue weighted by Gasteiger charge is -2.20. The van der Waals surface area contributed by atoms with E-state index in [1.165, 1.54) is 0 Å². The molecule has 106 valence electrons. The maximum atomic E-state index is 11.9. The van der Waals surface area contributed by atoms with Crippen LogP contribution in [-0.2, 0) is 4.79 Å². The molecule has 1 aromatic rings. The van der Waals surface area contributed by atoms with E-state index in [0.29, 0.717) is 41.3 Å². The second kappa shape index (κ2) is 4.93. The summed E-state index contributed by atoms with van der Waals surface area (Å²) in [5.41, 5.74) is 0.522. The van der Waals surface area contributed by atoms with Crippen molar-refractivity contribution in [2.24, 2.45) is 5.92 Å². The highest BCUT2D eigenvalue weighted by Gasteiger charge is 2.53. The minimum atomic E-state index is -0.758. The monoisotopic (exact) mass is 342 g/mol. The highest BCUT2D eigenvalue weighted by molar-refractivity contribution is 9.10. The third-order valence-electron chi connectivity index (χ3n) is 3.25. The zero-order chi connectivity index (χ0) is 14.3. The second-order valence-electron chi connectivity index (χ2n) is 4.66. The van der Waals surface area contributed by atoms with Crippen molar-refractivity contribution in [3.8, 4) is 11.5 Å². The Bertz CT molecular complexity index is 591. The summed E-state index contributed by atoms with van der Waals surface area (Å²) >= 11 is 3.33. The van der Waals surface area contributed by atoms with Crippen molar-refractivity contribution in [1.82, 2.24) is 0 Å². The van der Waals surface area contributed by atoms with E-state index in [1.54, 1.807) is 12.1 Å². The second-order valence-corrected chi connectivity index (χ2v) is 5.51. The summed E-state index contributed by atoms with van der Waals surface area (Å²) in [6.45, 7) is 0.936. The summed E-state index contributed by atoms with van der Waals surface area (Å²) in [4.78, 5) is 22.1. The summed E-state index contributed by atoms with van der Waals surface area (Å²) in [7, 11) is 0. The number of rotatable bonds is 3. The molecule has 0 unspecified atom stereocenters. The van der Waals surface area contributed by atoms with Gasteiger partial charge in [-0.2, -0.15) is 0 Å². The molecule has 20 heavy (non-hydrogen) atoms. The molecule has 1 heterocycles. The largest absolute Gasteiger partial charge is 0.486 e. The van der Waals surface area contributed by atoms with Crippen LogP contribution in [0.4, 0.5) is 5.69 Å². The number of anilines is 1. The van der Waals surface area contributed by atoms with Gasteiger partial charge in [0.15, 0.2) is 11.5 Å². The third-order valence-corrected chi connectivity index (χ3v) is 3.91. The molecule has 0 saturated heterocycles. The molecule has 1 amide bonds. The third kappa shape index (κ3) is 2.43. The summed E-state index contributed by atoms with van der Waals surface area (Å²) in [5.74, 6) is 0.265. The van der Waals surface area contributed by atoms with Gasteiger partial charge in [-0.25, -0.2) is 0 Å². The number of fused-ring (bicyclic) bond motifs is 1. The van der Waals surface area contributed by atoms with Crippen LogP contribution in [-0.4, -0.2) is 30.1 Å². The topological polar surface area (TPSA) is 90.7 Å². The Kier molecular flexibility index (Phi) is 3.25. The Morgan fingerprint density at radius 1 is 1.35 bits per heavy atom. The number of halogens is 1. The molecule has 0 radical (unpaired) electrons. The van der Waals surface area contributed by atoms with Crippen LogP contribution < -0.4 is 14.8 Å². The average molecular weight is 343 g/mol. The van der Waals surface area contributed by atoms with Crippen LogP contribution in [0.1, 0.15) is 6.42 Å². The van der Waals surface area contributed by atoms with Crippen LogP contribution in [0.15, 0.2) is 16.6 Å². The van der Waals surface area contributed by atoms with E-state index < -0.39 is 16.9 Å². The van der Waals surface area contributed by atoms with Gasteiger partial charge < -0.3 is 14.8 Å². The lowest BCUT2D eigenvalue weighted by molar-refractivity contribution is -0.497. The van der Waals surface area contributed by atoms with Crippen LogP contribution in [0.25, 0.3) is 0 Å². The molecule has 0 spiro atoms. The first-order chi connectivity index (χ1) is 9.56. The molecule has 1 fully saturated rings. The zero-order valence-electron chi connectivity index (χ0n) is 10.3. The summed E-state index contributed by atoms with van der Waals surface area (Å²) in [5, 5.41) is 13.2. The van der Waals surface area contributed by atoms with E-state index in [9.17, 15) is 14.9 Å². The standard InChI is InChI=1S/C12H11BrN2O5/c13-7-4-10-11(20-2-1-19-10)5-8(7)14-12(16)6-3-9(6)15(17)18/h4-6,9H,1-3H2,(H,14,16)/t6-,9+/m1/s1. The van der Waals surface area contributed by atoms with Gasteiger partial charge in [-0.1, -0.05) is 0 Å². The molecule has 1 aliphatic carbocycles. The quantitative estimate of drug-likeness (QED) is 0.668. The SMILES string of the molecule is O=C(Nc1cc2c(cc1Br)OCCO2)[C@@H]1C[C@@H]1[N+](=O)[O-]. The van der Waals surface area contributed by atoms with Crippen molar-refractivity contribution < 1.29 is 19.2 Å². The van der Waals surface area contributed by atoms with Crippen LogP contribution >= 0.6 is 15.9 Å². The van der Waals surface area contributed by atoms with Gasteiger partial charge in [0.1, 0.15) is 19.1 Å². The minimum Gasteiger partial charge on any atom is -0.486 e. The van der Waals surface area contributed by atoms with Crippen molar-refractivity contribution in [2.45, 2.75) is 12.5 Å².